The molecule has 0 bridgehead atoms. The van der Waals surface area contributed by atoms with Crippen molar-refractivity contribution in [2.75, 3.05) is 39.4 Å². The van der Waals surface area contributed by atoms with Crippen molar-refractivity contribution in [1.29, 1.82) is 0 Å². The molecule has 1 unspecified atom stereocenters. The number of hydrogen-bond donors (Lipinski definition) is 1. The monoisotopic (exact) mass is 601 g/mol. The Hall–Kier alpha value is -2.55. The minimum absolute atomic E-state index is 0.0450. The maximum Gasteiger partial charge on any atom is 0.227 e. The predicted molar refractivity (Wildman–Crippen MR) is 160 cm³/mol. The van der Waals surface area contributed by atoms with Crippen LogP contribution in [0.3, 0.4) is 0 Å². The summed E-state index contributed by atoms with van der Waals surface area (Å²) in [4.78, 5) is 30.3. The summed E-state index contributed by atoms with van der Waals surface area (Å²) in [7, 11) is 0. The second-order valence-corrected chi connectivity index (χ2v) is 12.6. The van der Waals surface area contributed by atoms with E-state index >= 15 is 4.39 Å². The minimum Gasteiger partial charge on any atom is -0.381 e. The number of carbonyl (C=O) groups is 2. The number of carbonyl (C=O) groups excluding carboxylic acids is 2. The van der Waals surface area contributed by atoms with E-state index in [1.54, 1.807) is 0 Å². The summed E-state index contributed by atoms with van der Waals surface area (Å²) in [5, 5.41) is 3.78. The standard InChI is InChI=1S/C33H42ClF2N3O3/c1-4-32(37-21(3)40)27-15-20(2)30(34)17-26(27)22-7-11-38(12-8-22)33(41)29-19-39(24-9-13-42-14-10-24)18-28(29)25-6-5-23(35)16-31(25)36/h5-6,15-17,22,24,28-29,32H,4,7-14,18-19H2,1-3H3,(H,37,40)/t28-,29+,32?/m0/s1. The molecular formula is C33H42ClF2N3O3. The molecule has 5 rings (SSSR count). The molecule has 42 heavy (non-hydrogen) atoms. The van der Waals surface area contributed by atoms with Gasteiger partial charge in [-0.1, -0.05) is 30.7 Å². The predicted octanol–water partition coefficient (Wildman–Crippen LogP) is 6.11. The summed E-state index contributed by atoms with van der Waals surface area (Å²) in [5.41, 5.74) is 3.62. The molecule has 3 atom stereocenters. The molecular weight excluding hydrogens is 560 g/mol. The molecule has 0 aliphatic carbocycles. The molecule has 3 fully saturated rings. The van der Waals surface area contributed by atoms with Gasteiger partial charge in [-0.05, 0) is 79.3 Å². The van der Waals surface area contributed by atoms with Crippen molar-refractivity contribution in [3.8, 4) is 0 Å². The van der Waals surface area contributed by atoms with Crippen LogP contribution in [-0.4, -0.2) is 67.0 Å². The zero-order chi connectivity index (χ0) is 30.0. The Morgan fingerprint density at radius 1 is 1.05 bits per heavy atom. The number of rotatable bonds is 7. The molecule has 3 saturated heterocycles. The maximum atomic E-state index is 15.0. The third-order valence-electron chi connectivity index (χ3n) is 9.51. The molecule has 3 aliphatic heterocycles. The molecule has 0 saturated carbocycles. The van der Waals surface area contributed by atoms with Crippen molar-refractivity contribution in [2.24, 2.45) is 5.92 Å². The van der Waals surface area contributed by atoms with Crippen molar-refractivity contribution in [3.63, 3.8) is 0 Å². The van der Waals surface area contributed by atoms with E-state index in [-0.39, 0.29) is 29.7 Å². The van der Waals surface area contributed by atoms with Crippen LogP contribution in [0.2, 0.25) is 5.02 Å². The average molecular weight is 602 g/mol. The molecule has 3 heterocycles. The Morgan fingerprint density at radius 2 is 1.76 bits per heavy atom. The van der Waals surface area contributed by atoms with Crippen molar-refractivity contribution < 1.29 is 23.1 Å². The highest BCUT2D eigenvalue weighted by molar-refractivity contribution is 6.31. The first-order valence-electron chi connectivity index (χ1n) is 15.3. The lowest BCUT2D eigenvalue weighted by atomic mass is 9.82. The van der Waals surface area contributed by atoms with Crippen LogP contribution in [0.25, 0.3) is 0 Å². The van der Waals surface area contributed by atoms with Gasteiger partial charge in [0.05, 0.1) is 12.0 Å². The van der Waals surface area contributed by atoms with Gasteiger partial charge in [0.2, 0.25) is 11.8 Å². The van der Waals surface area contributed by atoms with Crippen LogP contribution in [0.15, 0.2) is 30.3 Å². The average Bonchev–Trinajstić information content (AvgIpc) is 3.42. The van der Waals surface area contributed by atoms with Gasteiger partial charge in [0.15, 0.2) is 0 Å². The van der Waals surface area contributed by atoms with Crippen LogP contribution in [0.1, 0.15) is 86.1 Å². The van der Waals surface area contributed by atoms with Gasteiger partial charge in [0, 0.05) is 69.4 Å². The van der Waals surface area contributed by atoms with Crippen LogP contribution >= 0.6 is 11.6 Å². The normalized spacial score (nSPS) is 23.2. The summed E-state index contributed by atoms with van der Waals surface area (Å²) in [5.74, 6) is -1.73. The number of hydrogen-bond acceptors (Lipinski definition) is 4. The van der Waals surface area contributed by atoms with Gasteiger partial charge in [-0.2, -0.15) is 0 Å². The summed E-state index contributed by atoms with van der Waals surface area (Å²) in [6, 6.07) is 8.05. The van der Waals surface area contributed by atoms with Gasteiger partial charge < -0.3 is 15.0 Å². The number of nitrogens with zero attached hydrogens (tertiary/aromatic N) is 2. The van der Waals surface area contributed by atoms with Crippen molar-refractivity contribution in [3.05, 3.63) is 69.2 Å². The van der Waals surface area contributed by atoms with Crippen LogP contribution < -0.4 is 5.32 Å². The second kappa shape index (κ2) is 13.4. The Morgan fingerprint density at radius 3 is 2.40 bits per heavy atom. The lowest BCUT2D eigenvalue weighted by Gasteiger charge is -2.36. The van der Waals surface area contributed by atoms with E-state index in [9.17, 15) is 14.0 Å². The first-order chi connectivity index (χ1) is 20.2. The first kappa shape index (κ1) is 30.9. The van der Waals surface area contributed by atoms with Crippen LogP contribution in [0, 0.1) is 24.5 Å². The van der Waals surface area contributed by atoms with Crippen molar-refractivity contribution in [1.82, 2.24) is 15.1 Å². The zero-order valence-electron chi connectivity index (χ0n) is 24.8. The molecule has 2 aromatic carbocycles. The Bertz CT molecular complexity index is 1290. The van der Waals surface area contributed by atoms with Crippen LogP contribution in [0.5, 0.6) is 0 Å². The van der Waals surface area contributed by atoms with E-state index in [4.69, 9.17) is 16.3 Å². The largest absolute Gasteiger partial charge is 0.381 e. The van der Waals surface area contributed by atoms with Gasteiger partial charge in [-0.15, -0.1) is 0 Å². The third kappa shape index (κ3) is 6.66. The summed E-state index contributed by atoms with van der Waals surface area (Å²) < 4.78 is 34.3. The highest BCUT2D eigenvalue weighted by Crippen LogP contribution is 2.40. The zero-order valence-corrected chi connectivity index (χ0v) is 25.6. The lowest BCUT2D eigenvalue weighted by Crippen LogP contribution is -2.44. The number of ether oxygens (including phenoxy) is 1. The molecule has 1 N–H and O–H groups in total. The lowest BCUT2D eigenvalue weighted by molar-refractivity contribution is -0.136. The Kier molecular flexibility index (Phi) is 9.85. The number of aryl methyl sites for hydroxylation is 1. The molecule has 9 heteroatoms. The number of piperidine rings is 1. The van der Waals surface area contributed by atoms with Gasteiger partial charge >= 0.3 is 0 Å². The van der Waals surface area contributed by atoms with E-state index in [1.807, 2.05) is 17.9 Å². The number of halogens is 3. The molecule has 3 aliphatic rings. The van der Waals surface area contributed by atoms with Crippen LogP contribution in [0.4, 0.5) is 8.78 Å². The van der Waals surface area contributed by atoms with Crippen LogP contribution in [-0.2, 0) is 14.3 Å². The van der Waals surface area contributed by atoms with Gasteiger partial charge in [0.25, 0.3) is 0 Å². The molecule has 0 radical (unpaired) electrons. The van der Waals surface area contributed by atoms with E-state index in [2.05, 4.69) is 23.2 Å². The number of benzene rings is 2. The number of likely N-dealkylation sites (tertiary alicyclic amines) is 2. The van der Waals surface area contributed by atoms with E-state index < -0.39 is 17.6 Å². The first-order valence-corrected chi connectivity index (χ1v) is 15.7. The van der Waals surface area contributed by atoms with Gasteiger partial charge in [-0.25, -0.2) is 8.78 Å². The molecule has 6 nitrogen and oxygen atoms in total. The van der Waals surface area contributed by atoms with Crippen molar-refractivity contribution >= 4 is 23.4 Å². The van der Waals surface area contributed by atoms with E-state index in [0.29, 0.717) is 56.0 Å². The van der Waals surface area contributed by atoms with Gasteiger partial charge in [-0.3, -0.25) is 14.5 Å². The quantitative estimate of drug-likeness (QED) is 0.416. The third-order valence-corrected chi connectivity index (χ3v) is 9.91. The fraction of sp³-hybridized carbons (Fsp3) is 0.576. The highest BCUT2D eigenvalue weighted by Gasteiger charge is 2.44. The van der Waals surface area contributed by atoms with Gasteiger partial charge in [0.1, 0.15) is 11.6 Å². The molecule has 228 valence electrons. The molecule has 0 spiro atoms. The molecule has 2 aromatic rings. The van der Waals surface area contributed by atoms with E-state index in [0.717, 1.165) is 54.9 Å². The van der Waals surface area contributed by atoms with E-state index in [1.165, 1.54) is 19.1 Å². The SMILES string of the molecule is CCC(NC(C)=O)c1cc(C)c(Cl)cc1C1CCN(C(=O)[C@@H]2CN(C3CCOCC3)C[C@H]2c2ccc(F)cc2F)CC1. The molecule has 2 amide bonds. The summed E-state index contributed by atoms with van der Waals surface area (Å²) >= 11 is 6.58. The second-order valence-electron chi connectivity index (χ2n) is 12.2. The number of amides is 2. The number of nitrogens with one attached hydrogen (secondary N) is 1. The Labute approximate surface area is 252 Å². The highest BCUT2D eigenvalue weighted by atomic mass is 35.5. The summed E-state index contributed by atoms with van der Waals surface area (Å²) in [6.45, 7) is 9.28. The smallest absolute Gasteiger partial charge is 0.227 e. The minimum atomic E-state index is -0.611. The topological polar surface area (TPSA) is 61.9 Å². The van der Waals surface area contributed by atoms with Crippen molar-refractivity contribution in [2.45, 2.75) is 76.8 Å². The fourth-order valence-electron chi connectivity index (χ4n) is 7.22. The Balaban J connectivity index is 1.34. The summed E-state index contributed by atoms with van der Waals surface area (Å²) in [6.07, 6.45) is 4.10. The maximum absolute atomic E-state index is 15.0. The molecule has 0 aromatic heterocycles. The fourth-order valence-corrected chi connectivity index (χ4v) is 7.39.